The zero-order valence-corrected chi connectivity index (χ0v) is 15.3. The lowest BCUT2D eigenvalue weighted by molar-refractivity contribution is -0.119. The predicted molar refractivity (Wildman–Crippen MR) is 96.8 cm³/mol. The van der Waals surface area contributed by atoms with Gasteiger partial charge in [0.1, 0.15) is 0 Å². The molecule has 1 aromatic heterocycles. The van der Waals surface area contributed by atoms with Gasteiger partial charge in [-0.2, -0.15) is 5.10 Å². The van der Waals surface area contributed by atoms with E-state index in [0.717, 1.165) is 19.1 Å². The molecule has 1 aliphatic rings. The van der Waals surface area contributed by atoms with Crippen LogP contribution < -0.4 is 11.1 Å². The fraction of sp³-hybridized carbons (Fsp3) is 0.412. The molecule has 1 atom stereocenters. The number of hydrogen-bond acceptors (Lipinski definition) is 6. The first-order valence-corrected chi connectivity index (χ1v) is 10.2. The number of ether oxygens (including phenoxy) is 1. The Morgan fingerprint density at radius 3 is 2.73 bits per heavy atom. The molecule has 9 heteroatoms. The van der Waals surface area contributed by atoms with Crippen molar-refractivity contribution in [3.05, 3.63) is 36.7 Å². The van der Waals surface area contributed by atoms with E-state index >= 15 is 0 Å². The van der Waals surface area contributed by atoms with E-state index in [1.54, 1.807) is 24.4 Å². The minimum atomic E-state index is -3.40. The van der Waals surface area contributed by atoms with Gasteiger partial charge in [-0.25, -0.2) is 13.1 Å². The quantitative estimate of drug-likeness (QED) is 0.801. The SMILES string of the molecule is CS(=O)(=O)c1ccccc1-n1cc(NC(=O)C(N)C2CCOCC2)cn1. The van der Waals surface area contributed by atoms with Gasteiger partial charge in [0.2, 0.25) is 5.91 Å². The smallest absolute Gasteiger partial charge is 0.241 e. The van der Waals surface area contributed by atoms with Gasteiger partial charge in [0.15, 0.2) is 9.84 Å². The number of aromatic nitrogens is 2. The number of nitrogens with one attached hydrogen (secondary N) is 1. The molecule has 0 saturated carbocycles. The van der Waals surface area contributed by atoms with Gasteiger partial charge < -0.3 is 15.8 Å². The van der Waals surface area contributed by atoms with Gasteiger partial charge in [0, 0.05) is 19.5 Å². The summed E-state index contributed by atoms with van der Waals surface area (Å²) in [6, 6.07) is 5.93. The molecular formula is C17H22N4O4S. The maximum atomic E-state index is 12.4. The molecule has 3 rings (SSSR count). The van der Waals surface area contributed by atoms with Crippen LogP contribution >= 0.6 is 0 Å². The van der Waals surface area contributed by atoms with Gasteiger partial charge in [-0.05, 0) is 30.9 Å². The molecule has 1 aromatic carbocycles. The van der Waals surface area contributed by atoms with Crippen LogP contribution in [0, 0.1) is 5.92 Å². The number of hydrogen-bond donors (Lipinski definition) is 2. The fourth-order valence-electron chi connectivity index (χ4n) is 2.99. The molecule has 1 aliphatic heterocycles. The van der Waals surface area contributed by atoms with Crippen LogP contribution in [0.1, 0.15) is 12.8 Å². The predicted octanol–water partition coefficient (Wildman–Crippen LogP) is 0.968. The summed E-state index contributed by atoms with van der Waals surface area (Å²) in [4.78, 5) is 12.5. The van der Waals surface area contributed by atoms with Crippen LogP contribution in [-0.4, -0.2) is 49.6 Å². The van der Waals surface area contributed by atoms with E-state index in [-0.39, 0.29) is 16.7 Å². The zero-order chi connectivity index (χ0) is 18.7. The lowest BCUT2D eigenvalue weighted by atomic mass is 9.92. The van der Waals surface area contributed by atoms with Gasteiger partial charge in [-0.1, -0.05) is 12.1 Å². The van der Waals surface area contributed by atoms with Crippen molar-refractivity contribution >= 4 is 21.4 Å². The summed E-state index contributed by atoms with van der Waals surface area (Å²) in [6.45, 7) is 1.23. The van der Waals surface area contributed by atoms with E-state index in [2.05, 4.69) is 10.4 Å². The fourth-order valence-corrected chi connectivity index (χ4v) is 3.86. The van der Waals surface area contributed by atoms with Crippen LogP contribution in [0.3, 0.4) is 0 Å². The molecule has 0 aliphatic carbocycles. The summed E-state index contributed by atoms with van der Waals surface area (Å²) in [6.07, 6.45) is 5.70. The molecule has 1 amide bonds. The molecule has 1 unspecified atom stereocenters. The van der Waals surface area contributed by atoms with Crippen LogP contribution in [0.5, 0.6) is 0 Å². The number of anilines is 1. The van der Waals surface area contributed by atoms with Crippen molar-refractivity contribution in [2.24, 2.45) is 11.7 Å². The molecule has 1 saturated heterocycles. The number of rotatable bonds is 5. The average Bonchev–Trinajstić information content (AvgIpc) is 3.09. The van der Waals surface area contributed by atoms with E-state index in [4.69, 9.17) is 10.5 Å². The average molecular weight is 378 g/mol. The number of sulfone groups is 1. The summed E-state index contributed by atoms with van der Waals surface area (Å²) >= 11 is 0. The van der Waals surface area contributed by atoms with Gasteiger partial charge in [-0.3, -0.25) is 4.79 Å². The van der Waals surface area contributed by atoms with E-state index in [1.807, 2.05) is 0 Å². The molecule has 0 radical (unpaired) electrons. The summed E-state index contributed by atoms with van der Waals surface area (Å²) in [5, 5.41) is 6.91. The number of carbonyl (C=O) groups excluding carboxylic acids is 1. The second-order valence-corrected chi connectivity index (χ2v) is 8.36. The minimum absolute atomic E-state index is 0.0877. The monoisotopic (exact) mass is 378 g/mol. The van der Waals surface area contributed by atoms with Crippen molar-refractivity contribution in [1.29, 1.82) is 0 Å². The van der Waals surface area contributed by atoms with Gasteiger partial charge in [0.25, 0.3) is 0 Å². The summed E-state index contributed by atoms with van der Waals surface area (Å²) in [5.74, 6) is -0.197. The van der Waals surface area contributed by atoms with Crippen LogP contribution in [-0.2, 0) is 19.4 Å². The number of carbonyl (C=O) groups is 1. The van der Waals surface area contributed by atoms with E-state index < -0.39 is 15.9 Å². The highest BCUT2D eigenvalue weighted by molar-refractivity contribution is 7.90. The van der Waals surface area contributed by atoms with Crippen molar-refractivity contribution in [2.45, 2.75) is 23.8 Å². The van der Waals surface area contributed by atoms with Crippen molar-refractivity contribution in [1.82, 2.24) is 9.78 Å². The van der Waals surface area contributed by atoms with E-state index in [1.165, 1.54) is 16.9 Å². The number of nitrogens with two attached hydrogens (primary N) is 1. The Labute approximate surface area is 152 Å². The second kappa shape index (κ2) is 7.56. The largest absolute Gasteiger partial charge is 0.381 e. The van der Waals surface area contributed by atoms with Gasteiger partial charge in [0.05, 0.1) is 34.7 Å². The molecule has 2 aromatic rings. The first kappa shape index (κ1) is 18.6. The Hall–Kier alpha value is -2.23. The van der Waals surface area contributed by atoms with Crippen molar-refractivity contribution in [3.8, 4) is 5.69 Å². The Balaban J connectivity index is 1.76. The van der Waals surface area contributed by atoms with Crippen LogP contribution in [0.15, 0.2) is 41.6 Å². The lowest BCUT2D eigenvalue weighted by Crippen LogP contribution is -2.43. The first-order chi connectivity index (χ1) is 12.4. The minimum Gasteiger partial charge on any atom is -0.381 e. The maximum Gasteiger partial charge on any atom is 0.241 e. The standard InChI is InChI=1S/C17H22N4O4S/c1-26(23,24)15-5-3-2-4-14(15)21-11-13(10-19-21)20-17(22)16(18)12-6-8-25-9-7-12/h2-5,10-12,16H,6-9,18H2,1H3,(H,20,22). The van der Waals surface area contributed by atoms with Crippen molar-refractivity contribution in [3.63, 3.8) is 0 Å². The molecule has 1 fully saturated rings. The van der Waals surface area contributed by atoms with Crippen molar-refractivity contribution < 1.29 is 17.9 Å². The Kier molecular flexibility index (Phi) is 5.40. The number of benzene rings is 1. The third-order valence-electron chi connectivity index (χ3n) is 4.44. The molecule has 140 valence electrons. The Bertz CT molecular complexity index is 888. The first-order valence-electron chi connectivity index (χ1n) is 8.34. The molecule has 0 spiro atoms. The molecule has 0 bridgehead atoms. The maximum absolute atomic E-state index is 12.4. The van der Waals surface area contributed by atoms with Crippen LogP contribution in [0.25, 0.3) is 5.69 Å². The highest BCUT2D eigenvalue weighted by Gasteiger charge is 2.27. The van der Waals surface area contributed by atoms with Crippen molar-refractivity contribution in [2.75, 3.05) is 24.8 Å². The Morgan fingerprint density at radius 2 is 2.04 bits per heavy atom. The van der Waals surface area contributed by atoms with Gasteiger partial charge in [-0.15, -0.1) is 0 Å². The highest BCUT2D eigenvalue weighted by atomic mass is 32.2. The number of para-hydroxylation sites is 1. The molecule has 2 heterocycles. The number of amides is 1. The van der Waals surface area contributed by atoms with E-state index in [9.17, 15) is 13.2 Å². The lowest BCUT2D eigenvalue weighted by Gasteiger charge is -2.26. The molecule has 8 nitrogen and oxygen atoms in total. The third kappa shape index (κ3) is 4.12. The van der Waals surface area contributed by atoms with E-state index in [0.29, 0.717) is 24.6 Å². The summed E-state index contributed by atoms with van der Waals surface area (Å²) in [7, 11) is -3.40. The second-order valence-electron chi connectivity index (χ2n) is 6.38. The highest BCUT2D eigenvalue weighted by Crippen LogP contribution is 2.22. The van der Waals surface area contributed by atoms with Crippen LogP contribution in [0.2, 0.25) is 0 Å². The van der Waals surface area contributed by atoms with Crippen LogP contribution in [0.4, 0.5) is 5.69 Å². The third-order valence-corrected chi connectivity index (χ3v) is 5.58. The topological polar surface area (TPSA) is 116 Å². The molecule has 3 N–H and O–H groups in total. The molecule has 26 heavy (non-hydrogen) atoms. The molecular weight excluding hydrogens is 356 g/mol. The summed E-state index contributed by atoms with van der Waals surface area (Å²) in [5.41, 5.74) is 6.94. The zero-order valence-electron chi connectivity index (χ0n) is 14.5. The van der Waals surface area contributed by atoms with Gasteiger partial charge >= 0.3 is 0 Å². The number of nitrogens with zero attached hydrogens (tertiary/aromatic N) is 2. The summed E-state index contributed by atoms with van der Waals surface area (Å²) < 4.78 is 30.6. The Morgan fingerprint density at radius 1 is 1.35 bits per heavy atom. The normalized spacial score (nSPS) is 17.0.